The molecule has 6 nitrogen and oxygen atoms in total. The van der Waals surface area contributed by atoms with Gasteiger partial charge in [0.2, 0.25) is 0 Å². The Bertz CT molecular complexity index is 985. The van der Waals surface area contributed by atoms with Gasteiger partial charge in [0.15, 0.2) is 0 Å². The standard InChI is InChI=1S/C25H26N2O4/c28-24(27-30)14-7-17-1-3-18(4-2-17)15-23(25(29)26-21-10-11-21)20-8-12-22(13-9-20)31-16-19-5-6-19/h1-4,7-9,12-15,19,21,30H,5-6,10-11,16H2,(H,26,29)(H,27,28)/b14-7+,23-15+. The highest BCUT2D eigenvalue weighted by molar-refractivity contribution is 6.24. The minimum absolute atomic E-state index is 0.0854. The van der Waals surface area contributed by atoms with E-state index in [1.54, 1.807) is 11.6 Å². The number of hydrogen-bond donors (Lipinski definition) is 3. The SMILES string of the molecule is O=C(/C=C/c1ccc(/C=C(/C(=O)NC2CC2)c2ccc(OCC3CC3)cc2)cc1)NO. The second-order valence-corrected chi connectivity index (χ2v) is 8.06. The molecule has 0 heterocycles. The van der Waals surface area contributed by atoms with Gasteiger partial charge in [-0.25, -0.2) is 5.48 Å². The van der Waals surface area contributed by atoms with Gasteiger partial charge in [-0.15, -0.1) is 0 Å². The van der Waals surface area contributed by atoms with E-state index in [1.807, 2.05) is 54.6 Å². The quantitative estimate of drug-likeness (QED) is 0.250. The van der Waals surface area contributed by atoms with Crippen LogP contribution in [-0.2, 0) is 9.59 Å². The van der Waals surface area contributed by atoms with Crippen LogP contribution in [0.3, 0.4) is 0 Å². The van der Waals surface area contributed by atoms with Crippen LogP contribution in [-0.4, -0.2) is 29.7 Å². The lowest BCUT2D eigenvalue weighted by molar-refractivity contribution is -0.124. The molecular formula is C25H26N2O4. The number of carbonyl (C=O) groups is 2. The maximum atomic E-state index is 12.9. The fraction of sp³-hybridized carbons (Fsp3) is 0.280. The van der Waals surface area contributed by atoms with E-state index in [0.29, 0.717) is 11.5 Å². The van der Waals surface area contributed by atoms with Crippen LogP contribution in [0.15, 0.2) is 54.6 Å². The summed E-state index contributed by atoms with van der Waals surface area (Å²) in [5, 5.41) is 11.6. The minimum atomic E-state index is -0.590. The second-order valence-electron chi connectivity index (χ2n) is 8.06. The third kappa shape index (κ3) is 6.30. The molecule has 0 spiro atoms. The first-order chi connectivity index (χ1) is 15.1. The molecule has 2 amide bonds. The van der Waals surface area contributed by atoms with Gasteiger partial charge < -0.3 is 10.1 Å². The average molecular weight is 418 g/mol. The molecule has 0 atom stereocenters. The molecule has 4 rings (SSSR count). The summed E-state index contributed by atoms with van der Waals surface area (Å²) in [7, 11) is 0. The predicted molar refractivity (Wildman–Crippen MR) is 119 cm³/mol. The third-order valence-electron chi connectivity index (χ3n) is 5.29. The normalized spacial score (nSPS) is 16.2. The monoisotopic (exact) mass is 418 g/mol. The van der Waals surface area contributed by atoms with Gasteiger partial charge in [0.05, 0.1) is 6.61 Å². The largest absolute Gasteiger partial charge is 0.493 e. The summed E-state index contributed by atoms with van der Waals surface area (Å²) in [5.74, 6) is 0.834. The summed E-state index contributed by atoms with van der Waals surface area (Å²) >= 11 is 0. The summed E-state index contributed by atoms with van der Waals surface area (Å²) < 4.78 is 5.81. The molecule has 2 aromatic rings. The number of benzene rings is 2. The molecule has 0 radical (unpaired) electrons. The molecule has 0 aromatic heterocycles. The van der Waals surface area contributed by atoms with Crippen molar-refractivity contribution in [3.8, 4) is 5.75 Å². The van der Waals surface area contributed by atoms with E-state index < -0.39 is 5.91 Å². The highest BCUT2D eigenvalue weighted by atomic mass is 16.5. The van der Waals surface area contributed by atoms with Gasteiger partial charge >= 0.3 is 0 Å². The molecule has 2 saturated carbocycles. The van der Waals surface area contributed by atoms with Crippen LogP contribution in [0.5, 0.6) is 5.75 Å². The first kappa shape index (κ1) is 20.9. The topological polar surface area (TPSA) is 87.7 Å². The van der Waals surface area contributed by atoms with Crippen LogP contribution in [0.25, 0.3) is 17.7 Å². The van der Waals surface area contributed by atoms with E-state index in [2.05, 4.69) is 5.32 Å². The minimum Gasteiger partial charge on any atom is -0.493 e. The van der Waals surface area contributed by atoms with Gasteiger partial charge in [-0.3, -0.25) is 14.8 Å². The Hall–Kier alpha value is -3.38. The van der Waals surface area contributed by atoms with Crippen molar-refractivity contribution >= 4 is 29.5 Å². The van der Waals surface area contributed by atoms with E-state index in [9.17, 15) is 9.59 Å². The van der Waals surface area contributed by atoms with Crippen molar-refractivity contribution in [3.05, 3.63) is 71.3 Å². The Balaban J connectivity index is 1.52. The van der Waals surface area contributed by atoms with E-state index in [-0.39, 0.29) is 11.9 Å². The van der Waals surface area contributed by atoms with Crippen LogP contribution in [0.4, 0.5) is 0 Å². The summed E-state index contributed by atoms with van der Waals surface area (Å²) in [5.41, 5.74) is 4.67. The molecule has 31 heavy (non-hydrogen) atoms. The van der Waals surface area contributed by atoms with Gasteiger partial charge in [-0.1, -0.05) is 36.4 Å². The first-order valence-corrected chi connectivity index (χ1v) is 10.6. The van der Waals surface area contributed by atoms with E-state index >= 15 is 0 Å². The molecule has 6 heteroatoms. The highest BCUT2D eigenvalue weighted by Crippen LogP contribution is 2.30. The van der Waals surface area contributed by atoms with Crippen LogP contribution >= 0.6 is 0 Å². The van der Waals surface area contributed by atoms with Crippen molar-refractivity contribution in [2.45, 2.75) is 31.7 Å². The smallest absolute Gasteiger partial charge is 0.267 e. The maximum absolute atomic E-state index is 12.9. The van der Waals surface area contributed by atoms with Gasteiger partial charge in [-0.2, -0.15) is 0 Å². The summed E-state index contributed by atoms with van der Waals surface area (Å²) in [6.45, 7) is 0.755. The number of hydroxylamine groups is 1. The van der Waals surface area contributed by atoms with Crippen LogP contribution < -0.4 is 15.5 Å². The summed E-state index contributed by atoms with van der Waals surface area (Å²) in [6.07, 6.45) is 9.24. The Kier molecular flexibility index (Phi) is 6.48. The molecule has 160 valence electrons. The molecule has 3 N–H and O–H groups in total. The molecule has 2 fully saturated rings. The van der Waals surface area contributed by atoms with E-state index in [4.69, 9.17) is 9.94 Å². The lowest BCUT2D eigenvalue weighted by Crippen LogP contribution is -2.26. The Morgan fingerprint density at radius 1 is 0.968 bits per heavy atom. The number of ether oxygens (including phenoxy) is 1. The second kappa shape index (κ2) is 9.62. The van der Waals surface area contributed by atoms with Crippen molar-refractivity contribution in [1.29, 1.82) is 0 Å². The third-order valence-corrected chi connectivity index (χ3v) is 5.29. The van der Waals surface area contributed by atoms with E-state index in [1.165, 1.54) is 18.9 Å². The van der Waals surface area contributed by atoms with Gasteiger partial charge in [0.1, 0.15) is 5.75 Å². The van der Waals surface area contributed by atoms with Crippen LogP contribution in [0.2, 0.25) is 0 Å². The molecular weight excluding hydrogens is 392 g/mol. The fourth-order valence-electron chi connectivity index (χ4n) is 3.08. The van der Waals surface area contributed by atoms with Crippen LogP contribution in [0.1, 0.15) is 42.4 Å². The van der Waals surface area contributed by atoms with Gasteiger partial charge in [0.25, 0.3) is 11.8 Å². The molecule has 2 aliphatic rings. The maximum Gasteiger partial charge on any atom is 0.267 e. The number of rotatable bonds is 9. The average Bonchev–Trinajstić information content (AvgIpc) is 3.71. The lowest BCUT2D eigenvalue weighted by atomic mass is 10.0. The fourth-order valence-corrected chi connectivity index (χ4v) is 3.08. The van der Waals surface area contributed by atoms with Crippen LogP contribution in [0, 0.1) is 5.92 Å². The number of nitrogens with one attached hydrogen (secondary N) is 2. The zero-order valence-corrected chi connectivity index (χ0v) is 17.2. The molecule has 2 aliphatic carbocycles. The Morgan fingerprint density at radius 2 is 1.65 bits per heavy atom. The number of carbonyl (C=O) groups excluding carboxylic acids is 2. The number of amides is 2. The van der Waals surface area contributed by atoms with Crippen molar-refractivity contribution < 1.29 is 19.5 Å². The zero-order valence-electron chi connectivity index (χ0n) is 17.2. The first-order valence-electron chi connectivity index (χ1n) is 10.6. The molecule has 0 bridgehead atoms. The summed E-state index contributed by atoms with van der Waals surface area (Å²) in [6, 6.07) is 15.4. The van der Waals surface area contributed by atoms with Gasteiger partial charge in [0, 0.05) is 17.7 Å². The summed E-state index contributed by atoms with van der Waals surface area (Å²) in [4.78, 5) is 24.0. The van der Waals surface area contributed by atoms with Gasteiger partial charge in [-0.05, 0) is 72.6 Å². The predicted octanol–water partition coefficient (Wildman–Crippen LogP) is 3.81. The van der Waals surface area contributed by atoms with Crippen molar-refractivity contribution in [3.63, 3.8) is 0 Å². The Morgan fingerprint density at radius 3 is 2.26 bits per heavy atom. The molecule has 0 saturated heterocycles. The highest BCUT2D eigenvalue weighted by Gasteiger charge is 2.25. The number of hydrogen-bond acceptors (Lipinski definition) is 4. The Labute approximate surface area is 181 Å². The molecule has 0 unspecified atom stereocenters. The zero-order chi connectivity index (χ0) is 21.6. The van der Waals surface area contributed by atoms with Crippen molar-refractivity contribution in [2.24, 2.45) is 5.92 Å². The van der Waals surface area contributed by atoms with Crippen molar-refractivity contribution in [1.82, 2.24) is 10.8 Å². The lowest BCUT2D eigenvalue weighted by Gasteiger charge is -2.11. The molecule has 0 aliphatic heterocycles. The van der Waals surface area contributed by atoms with E-state index in [0.717, 1.165) is 41.9 Å². The van der Waals surface area contributed by atoms with Crippen molar-refractivity contribution in [2.75, 3.05) is 6.61 Å². The molecule has 2 aromatic carbocycles.